The summed E-state index contributed by atoms with van der Waals surface area (Å²) < 4.78 is 11.4. The summed E-state index contributed by atoms with van der Waals surface area (Å²) in [5.41, 5.74) is 0.297. The quantitative estimate of drug-likeness (QED) is 0.135. The molecule has 0 aliphatic carbocycles. The van der Waals surface area contributed by atoms with Crippen LogP contribution in [0.25, 0.3) is 0 Å². The third kappa shape index (κ3) is 9.89. The smallest absolute Gasteiger partial charge is 0.178 e. The van der Waals surface area contributed by atoms with E-state index in [0.717, 1.165) is 6.42 Å². The molecule has 6 nitrogen and oxygen atoms in total. The Labute approximate surface area is 252 Å². The van der Waals surface area contributed by atoms with Crippen LogP contribution in [0, 0.1) is 5.92 Å². The number of carbonyl (C=O) groups is 1. The maximum atomic E-state index is 11.6. The minimum absolute atomic E-state index is 0.0500. The largest absolute Gasteiger partial charge is 0.390 e. The molecule has 13 heteroatoms. The first-order valence-electron chi connectivity index (χ1n) is 12.0. The summed E-state index contributed by atoms with van der Waals surface area (Å²) in [7, 11) is 0. The monoisotopic (exact) mass is 657 g/mol. The number of thiazole rings is 1. The van der Waals surface area contributed by atoms with E-state index in [0.29, 0.717) is 17.1 Å². The molecule has 0 saturated carbocycles. The number of aliphatic hydroxyl groups is 2. The van der Waals surface area contributed by atoms with E-state index in [2.05, 4.69) is 4.98 Å². The normalized spacial score (nSPS) is 27.3. The van der Waals surface area contributed by atoms with Crippen molar-refractivity contribution in [2.75, 3.05) is 6.79 Å². The van der Waals surface area contributed by atoms with Crippen molar-refractivity contribution in [2.45, 2.75) is 96.7 Å². The maximum absolute atomic E-state index is 11.6. The number of carbonyl (C=O) groups excluding carboxylic acids is 1. The van der Waals surface area contributed by atoms with Gasteiger partial charge in [0.15, 0.2) is 5.78 Å². The Kier molecular flexibility index (Phi) is 14.8. The lowest BCUT2D eigenvalue weighted by Crippen LogP contribution is -2.46. The fourth-order valence-corrected chi connectivity index (χ4v) is 6.62. The highest BCUT2D eigenvalue weighted by molar-refractivity contribution is 7.09. The Hall–Kier alpha value is 0.620. The van der Waals surface area contributed by atoms with E-state index in [1.54, 1.807) is 17.5 Å². The van der Waals surface area contributed by atoms with Crippen LogP contribution >= 0.6 is 80.9 Å². The van der Waals surface area contributed by atoms with Gasteiger partial charge >= 0.3 is 0 Å². The molecular formula is C24H33Cl6NO5S. The second-order valence-corrected chi connectivity index (χ2v) is 13.2. The van der Waals surface area contributed by atoms with Gasteiger partial charge in [-0.1, -0.05) is 26.0 Å². The molecule has 11 atom stereocenters. The number of allylic oxidation sites excluding steroid dienone is 1. The van der Waals surface area contributed by atoms with Crippen molar-refractivity contribution in [3.05, 3.63) is 28.2 Å². The number of aromatic nitrogens is 1. The van der Waals surface area contributed by atoms with Gasteiger partial charge in [0.1, 0.15) is 23.6 Å². The van der Waals surface area contributed by atoms with E-state index in [-0.39, 0.29) is 35.7 Å². The lowest BCUT2D eigenvalue weighted by Gasteiger charge is -2.39. The lowest BCUT2D eigenvalue weighted by atomic mass is 9.89. The third-order valence-electron chi connectivity index (χ3n) is 6.28. The summed E-state index contributed by atoms with van der Waals surface area (Å²) in [6, 6.07) is 0. The fourth-order valence-electron chi connectivity index (χ4n) is 3.85. The van der Waals surface area contributed by atoms with Crippen molar-refractivity contribution in [3.8, 4) is 0 Å². The lowest BCUT2D eigenvalue weighted by molar-refractivity contribution is -0.230. The Balaban J connectivity index is 1.95. The molecule has 2 rings (SSSR count). The van der Waals surface area contributed by atoms with Gasteiger partial charge in [-0.15, -0.1) is 80.9 Å². The van der Waals surface area contributed by atoms with Crippen molar-refractivity contribution in [1.29, 1.82) is 0 Å². The number of rotatable bonds is 14. The van der Waals surface area contributed by atoms with Gasteiger partial charge in [0.05, 0.1) is 45.2 Å². The third-order valence-corrected chi connectivity index (χ3v) is 10.2. The van der Waals surface area contributed by atoms with Crippen molar-refractivity contribution in [1.82, 2.24) is 4.98 Å². The Morgan fingerprint density at radius 1 is 1.16 bits per heavy atom. The fraction of sp³-hybridized carbons (Fsp3) is 0.750. The van der Waals surface area contributed by atoms with Gasteiger partial charge < -0.3 is 19.7 Å². The number of Topliss-reactive ketones (excluding diaryl/α,β-unsaturated/α-hetero) is 1. The van der Waals surface area contributed by atoms with Gasteiger partial charge in [0.2, 0.25) is 0 Å². The Morgan fingerprint density at radius 2 is 1.84 bits per heavy atom. The van der Waals surface area contributed by atoms with Gasteiger partial charge in [-0.3, -0.25) is 4.79 Å². The molecule has 0 spiro atoms. The van der Waals surface area contributed by atoms with Gasteiger partial charge in [-0.25, -0.2) is 4.98 Å². The average Bonchev–Trinajstić information content (AvgIpc) is 3.37. The molecule has 1 aliphatic rings. The molecule has 0 bridgehead atoms. The number of ether oxygens (including phenoxy) is 2. The van der Waals surface area contributed by atoms with Crippen LogP contribution in [0.3, 0.4) is 0 Å². The molecule has 1 aromatic rings. The predicted octanol–water partition coefficient (Wildman–Crippen LogP) is 6.51. The molecule has 1 aliphatic heterocycles. The highest BCUT2D eigenvalue weighted by Gasteiger charge is 2.41. The molecule has 1 fully saturated rings. The second kappa shape index (κ2) is 16.2. The van der Waals surface area contributed by atoms with Crippen molar-refractivity contribution >= 4 is 86.7 Å². The van der Waals surface area contributed by atoms with E-state index in [1.165, 1.54) is 18.3 Å². The first-order valence-corrected chi connectivity index (χ1v) is 15.5. The summed E-state index contributed by atoms with van der Waals surface area (Å²) in [5.74, 6) is -0.461. The zero-order valence-electron chi connectivity index (χ0n) is 20.7. The first-order chi connectivity index (χ1) is 17.4. The number of hydrogen-bond acceptors (Lipinski definition) is 7. The van der Waals surface area contributed by atoms with Gasteiger partial charge in [0.25, 0.3) is 0 Å². The van der Waals surface area contributed by atoms with Crippen LogP contribution in [0.1, 0.15) is 61.6 Å². The van der Waals surface area contributed by atoms with Crippen LogP contribution in [0.5, 0.6) is 0 Å². The molecule has 1 aromatic heterocycles. The zero-order chi connectivity index (χ0) is 27.9. The summed E-state index contributed by atoms with van der Waals surface area (Å²) >= 11 is 39.5. The van der Waals surface area contributed by atoms with Crippen molar-refractivity contribution < 1.29 is 24.5 Å². The highest BCUT2D eigenvalue weighted by atomic mass is 35.5. The van der Waals surface area contributed by atoms with Gasteiger partial charge in [-0.2, -0.15) is 0 Å². The van der Waals surface area contributed by atoms with E-state index >= 15 is 0 Å². The van der Waals surface area contributed by atoms with Gasteiger partial charge in [-0.05, 0) is 19.3 Å². The molecule has 37 heavy (non-hydrogen) atoms. The summed E-state index contributed by atoms with van der Waals surface area (Å²) in [6.07, 6.45) is 1.66. The maximum Gasteiger partial charge on any atom is 0.178 e. The molecule has 0 amide bonds. The summed E-state index contributed by atoms with van der Waals surface area (Å²) in [6.45, 7) is 5.20. The molecule has 0 aromatic carbocycles. The SMILES string of the molecule is CCC(Cl)CC(Cl)/C=C\C(Cl)C(O)C(Cl)C(Cl)C(Cl)CC1OCO[C@@H](C(O)c2nc(C(C)=O)cs2)C1C. The van der Waals surface area contributed by atoms with Crippen molar-refractivity contribution in [3.63, 3.8) is 0 Å². The van der Waals surface area contributed by atoms with Gasteiger partial charge in [0, 0.05) is 23.6 Å². The molecule has 0 radical (unpaired) electrons. The van der Waals surface area contributed by atoms with Crippen LogP contribution in [-0.2, 0) is 9.47 Å². The molecular weight excluding hydrogens is 627 g/mol. The topological polar surface area (TPSA) is 88.9 Å². The van der Waals surface area contributed by atoms with E-state index in [9.17, 15) is 15.0 Å². The van der Waals surface area contributed by atoms with Crippen LogP contribution in [0.2, 0.25) is 0 Å². The Morgan fingerprint density at radius 3 is 2.43 bits per heavy atom. The number of hydrogen-bond donors (Lipinski definition) is 2. The molecule has 1 saturated heterocycles. The van der Waals surface area contributed by atoms with E-state index < -0.39 is 45.9 Å². The zero-order valence-corrected chi connectivity index (χ0v) is 26.0. The minimum atomic E-state index is -1.19. The average molecular weight is 660 g/mol. The standard InChI is InChI=1S/C24H33Cl6NO5S/c1-4-13(25)7-14(26)5-6-15(27)21(33)20(30)19(29)16(28)8-18-11(2)23(36-10-35-18)22(34)24-31-17(9-37-24)12(3)32/h5-6,9,11,13-16,18-23,33-34H,4,7-8,10H2,1-3H3/b6-5-/t11?,13?,14?,15?,16?,18?,19?,20?,21?,22?,23-/m1/s1. The first kappa shape index (κ1) is 33.8. The van der Waals surface area contributed by atoms with E-state index in [4.69, 9.17) is 79.1 Å². The van der Waals surface area contributed by atoms with Crippen molar-refractivity contribution in [2.24, 2.45) is 5.92 Å². The number of alkyl halides is 6. The van der Waals surface area contributed by atoms with Crippen LogP contribution in [-0.4, -0.2) is 78.3 Å². The molecule has 2 heterocycles. The highest BCUT2D eigenvalue weighted by Crippen LogP contribution is 2.36. The number of aliphatic hydroxyl groups excluding tert-OH is 2. The van der Waals surface area contributed by atoms with E-state index in [1.807, 2.05) is 13.8 Å². The minimum Gasteiger partial charge on any atom is -0.390 e. The second-order valence-electron chi connectivity index (χ2n) is 9.10. The van der Waals surface area contributed by atoms with Crippen LogP contribution in [0.15, 0.2) is 17.5 Å². The number of nitrogens with zero attached hydrogens (tertiary/aromatic N) is 1. The summed E-state index contributed by atoms with van der Waals surface area (Å²) in [5, 5.41) is 19.8. The summed E-state index contributed by atoms with van der Waals surface area (Å²) in [4.78, 5) is 15.8. The number of halogens is 6. The Bertz CT molecular complexity index is 878. The molecule has 10 unspecified atom stereocenters. The molecule has 2 N–H and O–H groups in total. The molecule has 212 valence electrons. The van der Waals surface area contributed by atoms with Crippen LogP contribution < -0.4 is 0 Å². The predicted molar refractivity (Wildman–Crippen MR) is 153 cm³/mol. The van der Waals surface area contributed by atoms with Crippen LogP contribution in [0.4, 0.5) is 0 Å². The number of ketones is 1.